The van der Waals surface area contributed by atoms with Crippen LogP contribution in [0.4, 0.5) is 0 Å². The largest absolute Gasteiger partial charge is 0.339 e. The number of nitrogens with two attached hydrogens (primary N) is 1. The first-order valence-electron chi connectivity index (χ1n) is 5.17. The molecule has 0 aromatic rings. The molecule has 0 aromatic carbocycles. The Morgan fingerprint density at radius 3 is 2.69 bits per heavy atom. The van der Waals surface area contributed by atoms with Crippen molar-refractivity contribution >= 4 is 5.91 Å². The van der Waals surface area contributed by atoms with Crippen LogP contribution in [0.15, 0.2) is 0 Å². The van der Waals surface area contributed by atoms with E-state index in [2.05, 4.69) is 0 Å². The van der Waals surface area contributed by atoms with E-state index in [1.54, 1.807) is 0 Å². The molecule has 1 heterocycles. The lowest BCUT2D eigenvalue weighted by Gasteiger charge is -2.42. The van der Waals surface area contributed by atoms with Crippen LogP contribution in [0.2, 0.25) is 0 Å². The first-order chi connectivity index (χ1) is 6.16. The molecular formula is C10H20N2O. The molecule has 3 nitrogen and oxygen atoms in total. The second kappa shape index (κ2) is 4.61. The van der Waals surface area contributed by atoms with Gasteiger partial charge < -0.3 is 10.6 Å². The van der Waals surface area contributed by atoms with Gasteiger partial charge in [-0.3, -0.25) is 4.79 Å². The third-order valence-corrected chi connectivity index (χ3v) is 2.66. The maximum atomic E-state index is 11.6. The minimum Gasteiger partial charge on any atom is -0.339 e. The van der Waals surface area contributed by atoms with Crippen molar-refractivity contribution < 1.29 is 4.79 Å². The van der Waals surface area contributed by atoms with Crippen molar-refractivity contribution in [1.29, 1.82) is 0 Å². The van der Waals surface area contributed by atoms with Crippen LogP contribution in [0.5, 0.6) is 0 Å². The Bertz CT molecular complexity index is 180. The molecule has 0 saturated carbocycles. The van der Waals surface area contributed by atoms with Crippen LogP contribution < -0.4 is 5.73 Å². The zero-order valence-corrected chi connectivity index (χ0v) is 8.62. The van der Waals surface area contributed by atoms with Gasteiger partial charge in [0.25, 0.3) is 0 Å². The van der Waals surface area contributed by atoms with Crippen molar-refractivity contribution in [3.8, 4) is 0 Å². The van der Waals surface area contributed by atoms with E-state index in [1.165, 1.54) is 6.42 Å². The minimum absolute atomic E-state index is 0.140. The van der Waals surface area contributed by atoms with E-state index in [-0.39, 0.29) is 5.92 Å². The van der Waals surface area contributed by atoms with Crippen molar-refractivity contribution in [2.75, 3.05) is 13.1 Å². The summed E-state index contributed by atoms with van der Waals surface area (Å²) < 4.78 is 0. The number of carbonyl (C=O) groups is 1. The van der Waals surface area contributed by atoms with Gasteiger partial charge in [-0.1, -0.05) is 13.8 Å². The summed E-state index contributed by atoms with van der Waals surface area (Å²) in [5.74, 6) is 0.439. The molecule has 1 atom stereocenters. The molecule has 2 N–H and O–H groups in total. The van der Waals surface area contributed by atoms with E-state index in [1.807, 2.05) is 18.7 Å². The number of carbonyl (C=O) groups excluding carboxylic acids is 1. The highest BCUT2D eigenvalue weighted by molar-refractivity contribution is 5.79. The normalized spacial score (nSPS) is 21.8. The Kier molecular flexibility index (Phi) is 3.72. The van der Waals surface area contributed by atoms with Gasteiger partial charge in [0.15, 0.2) is 0 Å². The standard InChI is InChI=1S/C10H20N2O/c1-8(2)10(13)12-7-5-9(12)4-3-6-11/h8-9H,3-7,11H2,1-2H3. The summed E-state index contributed by atoms with van der Waals surface area (Å²) in [6.07, 6.45) is 3.28. The quantitative estimate of drug-likeness (QED) is 0.708. The Hall–Kier alpha value is -0.570. The van der Waals surface area contributed by atoms with Gasteiger partial charge >= 0.3 is 0 Å². The van der Waals surface area contributed by atoms with E-state index in [0.29, 0.717) is 11.9 Å². The average Bonchev–Trinajstić information content (AvgIpc) is 2.03. The number of nitrogens with zero attached hydrogens (tertiary/aromatic N) is 1. The molecule has 1 aliphatic rings. The molecule has 76 valence electrons. The van der Waals surface area contributed by atoms with Crippen molar-refractivity contribution in [2.24, 2.45) is 11.7 Å². The molecule has 3 heteroatoms. The maximum absolute atomic E-state index is 11.6. The number of hydrogen-bond acceptors (Lipinski definition) is 2. The second-order valence-electron chi connectivity index (χ2n) is 4.06. The van der Waals surface area contributed by atoms with Gasteiger partial charge in [0.1, 0.15) is 0 Å². The van der Waals surface area contributed by atoms with Gasteiger partial charge in [0.05, 0.1) is 0 Å². The zero-order chi connectivity index (χ0) is 9.84. The third kappa shape index (κ3) is 2.44. The lowest BCUT2D eigenvalue weighted by Crippen LogP contribution is -2.52. The van der Waals surface area contributed by atoms with Gasteiger partial charge in [-0.05, 0) is 25.8 Å². The summed E-state index contributed by atoms with van der Waals surface area (Å²) in [6, 6.07) is 0.485. The molecular weight excluding hydrogens is 164 g/mol. The Morgan fingerprint density at radius 2 is 2.31 bits per heavy atom. The fourth-order valence-corrected chi connectivity index (χ4v) is 1.72. The monoisotopic (exact) mass is 184 g/mol. The smallest absolute Gasteiger partial charge is 0.225 e. The van der Waals surface area contributed by atoms with Crippen LogP contribution in [0.25, 0.3) is 0 Å². The fourth-order valence-electron chi connectivity index (χ4n) is 1.72. The van der Waals surface area contributed by atoms with Gasteiger partial charge in [-0.2, -0.15) is 0 Å². The van der Waals surface area contributed by atoms with E-state index in [4.69, 9.17) is 5.73 Å². The zero-order valence-electron chi connectivity index (χ0n) is 8.62. The van der Waals surface area contributed by atoms with Crippen molar-refractivity contribution in [2.45, 2.75) is 39.2 Å². The number of likely N-dealkylation sites (tertiary alicyclic amines) is 1. The fraction of sp³-hybridized carbons (Fsp3) is 0.900. The Balaban J connectivity index is 2.31. The van der Waals surface area contributed by atoms with Crippen LogP contribution in [0, 0.1) is 5.92 Å². The first kappa shape index (κ1) is 10.5. The van der Waals surface area contributed by atoms with E-state index >= 15 is 0 Å². The molecule has 0 aliphatic carbocycles. The van der Waals surface area contributed by atoms with Crippen LogP contribution in [0.3, 0.4) is 0 Å². The molecule has 1 unspecified atom stereocenters. The highest BCUT2D eigenvalue weighted by atomic mass is 16.2. The first-order valence-corrected chi connectivity index (χ1v) is 5.17. The van der Waals surface area contributed by atoms with Gasteiger partial charge in [-0.15, -0.1) is 0 Å². The summed E-state index contributed by atoms with van der Waals surface area (Å²) in [4.78, 5) is 13.6. The minimum atomic E-state index is 0.140. The summed E-state index contributed by atoms with van der Waals surface area (Å²) in [6.45, 7) is 5.60. The predicted molar refractivity (Wildman–Crippen MR) is 53.2 cm³/mol. The summed E-state index contributed by atoms with van der Waals surface area (Å²) in [5.41, 5.74) is 5.43. The van der Waals surface area contributed by atoms with Crippen molar-refractivity contribution in [3.63, 3.8) is 0 Å². The van der Waals surface area contributed by atoms with Gasteiger partial charge in [0, 0.05) is 18.5 Å². The van der Waals surface area contributed by atoms with E-state index in [0.717, 1.165) is 25.9 Å². The summed E-state index contributed by atoms with van der Waals surface area (Å²) in [7, 11) is 0. The van der Waals surface area contributed by atoms with Gasteiger partial charge in [0.2, 0.25) is 5.91 Å². The molecule has 1 amide bonds. The summed E-state index contributed by atoms with van der Waals surface area (Å²) in [5, 5.41) is 0. The molecule has 1 aliphatic heterocycles. The predicted octanol–water partition coefficient (Wildman–Crippen LogP) is 0.982. The molecule has 13 heavy (non-hydrogen) atoms. The SMILES string of the molecule is CC(C)C(=O)N1CCC1CCCN. The summed E-state index contributed by atoms with van der Waals surface area (Å²) >= 11 is 0. The van der Waals surface area contributed by atoms with Crippen LogP contribution >= 0.6 is 0 Å². The van der Waals surface area contributed by atoms with E-state index < -0.39 is 0 Å². The average molecular weight is 184 g/mol. The number of hydrogen-bond donors (Lipinski definition) is 1. The highest BCUT2D eigenvalue weighted by Crippen LogP contribution is 2.23. The molecule has 0 spiro atoms. The molecule has 0 radical (unpaired) electrons. The highest BCUT2D eigenvalue weighted by Gasteiger charge is 2.32. The van der Waals surface area contributed by atoms with Crippen LogP contribution in [0.1, 0.15) is 33.1 Å². The maximum Gasteiger partial charge on any atom is 0.225 e. The molecule has 0 bridgehead atoms. The Morgan fingerprint density at radius 1 is 1.62 bits per heavy atom. The van der Waals surface area contributed by atoms with Crippen molar-refractivity contribution in [3.05, 3.63) is 0 Å². The lowest BCUT2D eigenvalue weighted by molar-refractivity contribution is -0.142. The second-order valence-corrected chi connectivity index (χ2v) is 4.06. The molecule has 0 aromatic heterocycles. The molecule has 1 fully saturated rings. The van der Waals surface area contributed by atoms with Crippen LogP contribution in [-0.2, 0) is 4.79 Å². The lowest BCUT2D eigenvalue weighted by atomic mass is 9.96. The molecule has 1 rings (SSSR count). The Labute approximate surface area is 80.3 Å². The topological polar surface area (TPSA) is 46.3 Å². The molecule has 1 saturated heterocycles. The number of rotatable bonds is 4. The van der Waals surface area contributed by atoms with Crippen LogP contribution in [-0.4, -0.2) is 29.9 Å². The third-order valence-electron chi connectivity index (χ3n) is 2.66. The number of amides is 1. The van der Waals surface area contributed by atoms with E-state index in [9.17, 15) is 4.79 Å². The van der Waals surface area contributed by atoms with Crippen molar-refractivity contribution in [1.82, 2.24) is 4.90 Å². The van der Waals surface area contributed by atoms with Gasteiger partial charge in [-0.25, -0.2) is 0 Å².